The van der Waals surface area contributed by atoms with E-state index in [0.717, 1.165) is 31.2 Å². The van der Waals surface area contributed by atoms with Crippen molar-refractivity contribution in [2.45, 2.75) is 37.5 Å². The highest BCUT2D eigenvalue weighted by Crippen LogP contribution is 2.54. The maximum absolute atomic E-state index is 14.1. The summed E-state index contributed by atoms with van der Waals surface area (Å²) in [4.78, 5) is 0. The molecule has 86 valence electrons. The van der Waals surface area contributed by atoms with Crippen molar-refractivity contribution in [2.75, 3.05) is 6.54 Å². The summed E-state index contributed by atoms with van der Waals surface area (Å²) < 4.78 is 14.1. The van der Waals surface area contributed by atoms with E-state index in [-0.39, 0.29) is 11.2 Å². The average Bonchev–Trinajstić information content (AvgIpc) is 2.25. The van der Waals surface area contributed by atoms with Gasteiger partial charge in [-0.05, 0) is 55.3 Å². The van der Waals surface area contributed by atoms with Crippen molar-refractivity contribution in [1.29, 1.82) is 0 Å². The molecule has 0 radical (unpaired) electrons. The molecule has 0 heterocycles. The summed E-state index contributed by atoms with van der Waals surface area (Å²) in [5.41, 5.74) is 8.19. The summed E-state index contributed by atoms with van der Waals surface area (Å²) >= 11 is 0. The van der Waals surface area contributed by atoms with Crippen molar-refractivity contribution < 1.29 is 4.39 Å². The quantitative estimate of drug-likeness (QED) is 0.772. The van der Waals surface area contributed by atoms with Gasteiger partial charge in [-0.2, -0.15) is 0 Å². The lowest BCUT2D eigenvalue weighted by atomic mass is 9.53. The van der Waals surface area contributed by atoms with E-state index < -0.39 is 0 Å². The first-order valence-corrected chi connectivity index (χ1v) is 6.26. The van der Waals surface area contributed by atoms with Crippen LogP contribution >= 0.6 is 0 Å². The van der Waals surface area contributed by atoms with Crippen LogP contribution in [0.2, 0.25) is 0 Å². The predicted octanol–water partition coefficient (Wildman–Crippen LogP) is 2.77. The molecule has 1 fully saturated rings. The number of hydrogen-bond donors (Lipinski definition) is 1. The number of aryl methyl sites for hydroxylation is 1. The maximum atomic E-state index is 14.1. The van der Waals surface area contributed by atoms with E-state index in [9.17, 15) is 4.39 Å². The molecule has 0 amide bonds. The zero-order valence-electron chi connectivity index (χ0n) is 9.51. The van der Waals surface area contributed by atoms with Crippen molar-refractivity contribution in [3.05, 3.63) is 35.1 Å². The van der Waals surface area contributed by atoms with Crippen LogP contribution in [0.1, 0.15) is 36.8 Å². The van der Waals surface area contributed by atoms with E-state index in [4.69, 9.17) is 5.73 Å². The van der Waals surface area contributed by atoms with Gasteiger partial charge in [0.1, 0.15) is 5.82 Å². The Labute approximate surface area is 95.8 Å². The highest BCUT2D eigenvalue weighted by molar-refractivity contribution is 5.40. The topological polar surface area (TPSA) is 26.0 Å². The standard InChI is InChI=1S/C14H18FN/c15-12-4-1-3-10-5-6-11(9-16)14(13(10)12)7-2-8-14/h1,3-4,11H,2,5-9,16H2. The number of halogens is 1. The first-order valence-electron chi connectivity index (χ1n) is 6.26. The van der Waals surface area contributed by atoms with Gasteiger partial charge in [0.15, 0.2) is 0 Å². The normalized spacial score (nSPS) is 26.2. The van der Waals surface area contributed by atoms with Gasteiger partial charge in [-0.3, -0.25) is 0 Å². The van der Waals surface area contributed by atoms with E-state index in [1.165, 1.54) is 12.0 Å². The van der Waals surface area contributed by atoms with Crippen LogP contribution in [0.15, 0.2) is 18.2 Å². The highest BCUT2D eigenvalue weighted by Gasteiger charge is 2.49. The van der Waals surface area contributed by atoms with E-state index in [1.54, 1.807) is 6.07 Å². The summed E-state index contributed by atoms with van der Waals surface area (Å²) in [6.07, 6.45) is 5.61. The Kier molecular flexibility index (Phi) is 2.28. The van der Waals surface area contributed by atoms with E-state index in [1.807, 2.05) is 6.07 Å². The minimum absolute atomic E-state index is 0.00431. The van der Waals surface area contributed by atoms with Crippen LogP contribution < -0.4 is 5.73 Å². The highest BCUT2D eigenvalue weighted by atomic mass is 19.1. The van der Waals surface area contributed by atoms with Crippen molar-refractivity contribution >= 4 is 0 Å². The molecule has 2 aliphatic carbocycles. The molecule has 1 aromatic carbocycles. The Bertz CT molecular complexity index is 409. The molecule has 1 atom stereocenters. The van der Waals surface area contributed by atoms with Gasteiger partial charge in [-0.1, -0.05) is 18.6 Å². The van der Waals surface area contributed by atoms with Gasteiger partial charge in [0.05, 0.1) is 0 Å². The summed E-state index contributed by atoms with van der Waals surface area (Å²) in [6.45, 7) is 0.702. The minimum atomic E-state index is -0.00431. The first kappa shape index (κ1) is 10.3. The molecule has 1 saturated carbocycles. The van der Waals surface area contributed by atoms with Crippen LogP contribution in [0.5, 0.6) is 0 Å². The lowest BCUT2D eigenvalue weighted by molar-refractivity contribution is 0.124. The van der Waals surface area contributed by atoms with Gasteiger partial charge >= 0.3 is 0 Å². The molecule has 1 aromatic rings. The molecule has 0 aromatic heterocycles. The van der Waals surface area contributed by atoms with Crippen LogP contribution in [0.25, 0.3) is 0 Å². The van der Waals surface area contributed by atoms with Crippen LogP contribution in [0, 0.1) is 11.7 Å². The lowest BCUT2D eigenvalue weighted by Gasteiger charge is -2.51. The third-order valence-electron chi connectivity index (χ3n) is 4.67. The number of hydrogen-bond acceptors (Lipinski definition) is 1. The van der Waals surface area contributed by atoms with E-state index in [0.29, 0.717) is 12.5 Å². The Balaban J connectivity index is 2.14. The summed E-state index contributed by atoms with van der Waals surface area (Å²) in [6, 6.07) is 5.53. The fourth-order valence-corrected chi connectivity index (χ4v) is 3.70. The van der Waals surface area contributed by atoms with Gasteiger partial charge < -0.3 is 5.73 Å². The molecular weight excluding hydrogens is 201 g/mol. The van der Waals surface area contributed by atoms with Crippen LogP contribution in [0.4, 0.5) is 4.39 Å². The molecule has 1 unspecified atom stereocenters. The Morgan fingerprint density at radius 1 is 1.38 bits per heavy atom. The van der Waals surface area contributed by atoms with Gasteiger partial charge in [0, 0.05) is 5.41 Å². The zero-order chi connectivity index (χ0) is 11.2. The Hall–Kier alpha value is -0.890. The van der Waals surface area contributed by atoms with Crippen molar-refractivity contribution in [2.24, 2.45) is 11.7 Å². The molecule has 0 saturated heterocycles. The SMILES string of the molecule is NCC1CCc2cccc(F)c2C12CCC2. The third-order valence-corrected chi connectivity index (χ3v) is 4.67. The van der Waals surface area contributed by atoms with Gasteiger partial charge in [0.2, 0.25) is 0 Å². The minimum Gasteiger partial charge on any atom is -0.330 e. The van der Waals surface area contributed by atoms with Crippen molar-refractivity contribution in [3.8, 4) is 0 Å². The van der Waals surface area contributed by atoms with Gasteiger partial charge in [-0.25, -0.2) is 4.39 Å². The smallest absolute Gasteiger partial charge is 0.127 e. The molecule has 16 heavy (non-hydrogen) atoms. The molecule has 0 aliphatic heterocycles. The van der Waals surface area contributed by atoms with E-state index >= 15 is 0 Å². The molecule has 0 bridgehead atoms. The van der Waals surface area contributed by atoms with Crippen molar-refractivity contribution in [3.63, 3.8) is 0 Å². The molecule has 2 heteroatoms. The maximum Gasteiger partial charge on any atom is 0.127 e. The number of nitrogens with two attached hydrogens (primary N) is 1. The Morgan fingerprint density at radius 2 is 2.19 bits per heavy atom. The summed E-state index contributed by atoms with van der Waals surface area (Å²) in [7, 11) is 0. The second-order valence-corrected chi connectivity index (χ2v) is 5.25. The first-order chi connectivity index (χ1) is 7.78. The molecule has 2 N–H and O–H groups in total. The largest absolute Gasteiger partial charge is 0.330 e. The number of benzene rings is 1. The molecule has 3 rings (SSSR count). The average molecular weight is 219 g/mol. The fraction of sp³-hybridized carbons (Fsp3) is 0.571. The Morgan fingerprint density at radius 3 is 2.81 bits per heavy atom. The van der Waals surface area contributed by atoms with Gasteiger partial charge in [0.25, 0.3) is 0 Å². The zero-order valence-corrected chi connectivity index (χ0v) is 9.51. The second-order valence-electron chi connectivity index (χ2n) is 5.25. The second kappa shape index (κ2) is 3.56. The van der Waals surface area contributed by atoms with Gasteiger partial charge in [-0.15, -0.1) is 0 Å². The number of rotatable bonds is 1. The summed E-state index contributed by atoms with van der Waals surface area (Å²) in [5.74, 6) is 0.487. The van der Waals surface area contributed by atoms with Crippen LogP contribution in [0.3, 0.4) is 0 Å². The summed E-state index contributed by atoms with van der Waals surface area (Å²) in [5, 5.41) is 0. The fourth-order valence-electron chi connectivity index (χ4n) is 3.70. The molecule has 1 nitrogen and oxygen atoms in total. The van der Waals surface area contributed by atoms with Crippen LogP contribution in [-0.4, -0.2) is 6.54 Å². The van der Waals surface area contributed by atoms with Crippen molar-refractivity contribution in [1.82, 2.24) is 0 Å². The third kappa shape index (κ3) is 1.20. The molecular formula is C14H18FN. The monoisotopic (exact) mass is 219 g/mol. The lowest BCUT2D eigenvalue weighted by Crippen LogP contribution is -2.48. The predicted molar refractivity (Wildman–Crippen MR) is 62.8 cm³/mol. The molecule has 2 aliphatic rings. The number of fused-ring (bicyclic) bond motifs is 2. The van der Waals surface area contributed by atoms with Crippen LogP contribution in [-0.2, 0) is 11.8 Å². The van der Waals surface area contributed by atoms with E-state index in [2.05, 4.69) is 6.07 Å². The molecule has 1 spiro atoms.